The predicted molar refractivity (Wildman–Crippen MR) is 78.8 cm³/mol. The summed E-state index contributed by atoms with van der Waals surface area (Å²) in [5.41, 5.74) is 0. The Hall–Kier alpha value is -0.0800. The van der Waals surface area contributed by atoms with Crippen LogP contribution in [0, 0.1) is 17.8 Å². The second kappa shape index (κ2) is 6.91. The normalized spacial score (nSPS) is 33.0. The van der Waals surface area contributed by atoms with Crippen molar-refractivity contribution in [1.29, 1.82) is 0 Å². The molecule has 2 rings (SSSR count). The molecule has 18 heavy (non-hydrogen) atoms. The van der Waals surface area contributed by atoms with Crippen LogP contribution < -0.4 is 5.32 Å². The van der Waals surface area contributed by atoms with Crippen molar-refractivity contribution in [3.05, 3.63) is 0 Å². The van der Waals surface area contributed by atoms with Crippen molar-refractivity contribution >= 4 is 0 Å². The summed E-state index contributed by atoms with van der Waals surface area (Å²) < 4.78 is 0. The Bertz CT molecular complexity index is 237. The van der Waals surface area contributed by atoms with Crippen molar-refractivity contribution in [3.8, 4) is 0 Å². The zero-order valence-electron chi connectivity index (χ0n) is 12.6. The molecule has 0 aromatic heterocycles. The van der Waals surface area contributed by atoms with E-state index in [0.29, 0.717) is 0 Å². The SMILES string of the molecule is CCNC1CCC(CC)CC1CN(C)CC1CC1. The molecule has 2 heteroatoms. The molecule has 3 unspecified atom stereocenters. The molecule has 0 saturated heterocycles. The minimum absolute atomic E-state index is 0.777. The highest BCUT2D eigenvalue weighted by molar-refractivity contribution is 4.86. The summed E-state index contributed by atoms with van der Waals surface area (Å²) in [5, 5.41) is 3.73. The maximum atomic E-state index is 3.73. The summed E-state index contributed by atoms with van der Waals surface area (Å²) in [6.45, 7) is 8.39. The second-order valence-electron chi connectivity index (χ2n) is 6.68. The van der Waals surface area contributed by atoms with Crippen molar-refractivity contribution in [2.75, 3.05) is 26.7 Å². The maximum Gasteiger partial charge on any atom is 0.0108 e. The van der Waals surface area contributed by atoms with Gasteiger partial charge in [0.15, 0.2) is 0 Å². The van der Waals surface area contributed by atoms with E-state index in [1.165, 1.54) is 51.6 Å². The van der Waals surface area contributed by atoms with Gasteiger partial charge in [-0.15, -0.1) is 0 Å². The number of nitrogens with zero attached hydrogens (tertiary/aromatic N) is 1. The lowest BCUT2D eigenvalue weighted by Crippen LogP contribution is -2.45. The number of rotatable bonds is 7. The minimum Gasteiger partial charge on any atom is -0.314 e. The molecule has 0 aromatic carbocycles. The van der Waals surface area contributed by atoms with E-state index in [2.05, 4.69) is 31.1 Å². The van der Waals surface area contributed by atoms with E-state index < -0.39 is 0 Å². The van der Waals surface area contributed by atoms with Gasteiger partial charge in [0.2, 0.25) is 0 Å². The van der Waals surface area contributed by atoms with E-state index in [4.69, 9.17) is 0 Å². The van der Waals surface area contributed by atoms with E-state index in [1.807, 2.05) is 0 Å². The molecule has 3 atom stereocenters. The molecule has 0 heterocycles. The monoisotopic (exact) mass is 252 g/mol. The molecule has 0 bridgehead atoms. The van der Waals surface area contributed by atoms with Crippen molar-refractivity contribution in [2.45, 2.75) is 58.4 Å². The molecule has 2 aliphatic rings. The largest absolute Gasteiger partial charge is 0.314 e. The third-order valence-electron chi connectivity index (χ3n) is 4.95. The topological polar surface area (TPSA) is 15.3 Å². The van der Waals surface area contributed by atoms with Gasteiger partial charge in [-0.1, -0.05) is 20.3 Å². The Labute approximate surface area is 114 Å². The van der Waals surface area contributed by atoms with Gasteiger partial charge in [0, 0.05) is 19.1 Å². The first-order chi connectivity index (χ1) is 8.72. The van der Waals surface area contributed by atoms with Crippen LogP contribution in [0.1, 0.15) is 52.4 Å². The van der Waals surface area contributed by atoms with Crippen molar-refractivity contribution < 1.29 is 0 Å². The summed E-state index contributed by atoms with van der Waals surface area (Å²) in [5.74, 6) is 2.89. The maximum absolute atomic E-state index is 3.73. The van der Waals surface area contributed by atoms with Crippen LogP contribution in [0.2, 0.25) is 0 Å². The van der Waals surface area contributed by atoms with Crippen LogP contribution >= 0.6 is 0 Å². The van der Waals surface area contributed by atoms with E-state index in [1.54, 1.807) is 0 Å². The van der Waals surface area contributed by atoms with Crippen LogP contribution in [0.25, 0.3) is 0 Å². The van der Waals surface area contributed by atoms with E-state index in [-0.39, 0.29) is 0 Å². The highest BCUT2D eigenvalue weighted by Gasteiger charge is 2.31. The average Bonchev–Trinajstić information content (AvgIpc) is 3.15. The minimum atomic E-state index is 0.777. The Morgan fingerprint density at radius 2 is 1.72 bits per heavy atom. The number of hydrogen-bond acceptors (Lipinski definition) is 2. The molecule has 1 N–H and O–H groups in total. The fourth-order valence-corrected chi connectivity index (χ4v) is 3.68. The smallest absolute Gasteiger partial charge is 0.0108 e. The van der Waals surface area contributed by atoms with Crippen LogP contribution in [0.3, 0.4) is 0 Å². The Kier molecular flexibility index (Phi) is 5.50. The third kappa shape index (κ3) is 4.24. The van der Waals surface area contributed by atoms with Crippen molar-refractivity contribution in [2.24, 2.45) is 17.8 Å². The van der Waals surface area contributed by atoms with Gasteiger partial charge in [-0.2, -0.15) is 0 Å². The van der Waals surface area contributed by atoms with Crippen LogP contribution in [0.15, 0.2) is 0 Å². The fraction of sp³-hybridized carbons (Fsp3) is 1.00. The highest BCUT2D eigenvalue weighted by atomic mass is 15.1. The van der Waals surface area contributed by atoms with Gasteiger partial charge in [-0.25, -0.2) is 0 Å². The Balaban J connectivity index is 1.82. The highest BCUT2D eigenvalue weighted by Crippen LogP contribution is 2.33. The zero-order chi connectivity index (χ0) is 13.0. The quantitative estimate of drug-likeness (QED) is 0.749. The van der Waals surface area contributed by atoms with Gasteiger partial charge >= 0.3 is 0 Å². The molecule has 0 amide bonds. The summed E-state index contributed by atoms with van der Waals surface area (Å²) in [6.07, 6.45) is 8.61. The number of nitrogens with one attached hydrogen (secondary N) is 1. The molecule has 2 saturated carbocycles. The zero-order valence-corrected chi connectivity index (χ0v) is 12.6. The Morgan fingerprint density at radius 1 is 1.00 bits per heavy atom. The lowest BCUT2D eigenvalue weighted by molar-refractivity contribution is 0.150. The van der Waals surface area contributed by atoms with E-state index in [9.17, 15) is 0 Å². The van der Waals surface area contributed by atoms with Crippen LogP contribution in [0.5, 0.6) is 0 Å². The Morgan fingerprint density at radius 3 is 2.33 bits per heavy atom. The van der Waals surface area contributed by atoms with Crippen LogP contribution in [-0.4, -0.2) is 37.6 Å². The van der Waals surface area contributed by atoms with E-state index in [0.717, 1.165) is 30.3 Å². The molecule has 0 aliphatic heterocycles. The van der Waals surface area contributed by atoms with Gasteiger partial charge in [0.05, 0.1) is 0 Å². The first-order valence-electron chi connectivity index (χ1n) is 8.14. The average molecular weight is 252 g/mol. The van der Waals surface area contributed by atoms with Crippen molar-refractivity contribution in [1.82, 2.24) is 10.2 Å². The molecule has 2 nitrogen and oxygen atoms in total. The second-order valence-corrected chi connectivity index (χ2v) is 6.68. The predicted octanol–water partition coefficient (Wildman–Crippen LogP) is 3.13. The standard InChI is InChI=1S/C16H32N2/c1-4-13-8-9-16(17-5-2)15(10-13)12-18(3)11-14-6-7-14/h13-17H,4-12H2,1-3H3. The van der Waals surface area contributed by atoms with Crippen molar-refractivity contribution in [3.63, 3.8) is 0 Å². The lowest BCUT2D eigenvalue weighted by Gasteiger charge is -2.38. The molecule has 0 radical (unpaired) electrons. The van der Waals surface area contributed by atoms with E-state index >= 15 is 0 Å². The van der Waals surface area contributed by atoms with Gasteiger partial charge in [-0.05, 0) is 63.5 Å². The molecule has 106 valence electrons. The molecular formula is C16H32N2. The third-order valence-corrected chi connectivity index (χ3v) is 4.95. The molecule has 2 fully saturated rings. The summed E-state index contributed by atoms with van der Waals surface area (Å²) in [7, 11) is 2.33. The molecule has 0 aromatic rings. The fourth-order valence-electron chi connectivity index (χ4n) is 3.68. The summed E-state index contributed by atoms with van der Waals surface area (Å²) >= 11 is 0. The first-order valence-corrected chi connectivity index (χ1v) is 8.14. The summed E-state index contributed by atoms with van der Waals surface area (Å²) in [6, 6.07) is 0.777. The van der Waals surface area contributed by atoms with Gasteiger partial charge in [0.25, 0.3) is 0 Å². The van der Waals surface area contributed by atoms with Gasteiger partial charge in [0.1, 0.15) is 0 Å². The van der Waals surface area contributed by atoms with Gasteiger partial charge < -0.3 is 10.2 Å². The molecule has 2 aliphatic carbocycles. The molecular weight excluding hydrogens is 220 g/mol. The lowest BCUT2D eigenvalue weighted by atomic mass is 9.76. The first kappa shape index (κ1) is 14.3. The summed E-state index contributed by atoms with van der Waals surface area (Å²) in [4.78, 5) is 2.60. The van der Waals surface area contributed by atoms with Crippen LogP contribution in [-0.2, 0) is 0 Å². The molecule has 0 spiro atoms. The van der Waals surface area contributed by atoms with Gasteiger partial charge in [-0.3, -0.25) is 0 Å². The number of hydrogen-bond donors (Lipinski definition) is 1. The van der Waals surface area contributed by atoms with Crippen LogP contribution in [0.4, 0.5) is 0 Å².